The van der Waals surface area contributed by atoms with E-state index in [1.807, 2.05) is 0 Å². The number of nitro benzene ring substituents is 1. The van der Waals surface area contributed by atoms with Gasteiger partial charge in [0.2, 0.25) is 0 Å². The number of aliphatic hydroxyl groups is 1. The zero-order chi connectivity index (χ0) is 15.8. The summed E-state index contributed by atoms with van der Waals surface area (Å²) >= 11 is 5.78. The van der Waals surface area contributed by atoms with Gasteiger partial charge in [-0.3, -0.25) is 10.1 Å². The Morgan fingerprint density at radius 2 is 1.90 bits per heavy atom. The molecule has 0 aliphatic carbocycles. The minimum absolute atomic E-state index is 0.107. The summed E-state index contributed by atoms with van der Waals surface area (Å²) in [7, 11) is 0. The highest BCUT2D eigenvalue weighted by atomic mass is 35.5. The zero-order valence-corrected chi connectivity index (χ0v) is 10.9. The molecule has 1 N–H and O–H groups in total. The van der Waals surface area contributed by atoms with Crippen LogP contribution in [0.2, 0.25) is 5.15 Å². The molecule has 10 heteroatoms. The van der Waals surface area contributed by atoms with E-state index in [4.69, 9.17) is 16.7 Å². The summed E-state index contributed by atoms with van der Waals surface area (Å²) in [6.07, 6.45) is -4.77. The zero-order valence-electron chi connectivity index (χ0n) is 10.1. The van der Waals surface area contributed by atoms with Crippen LogP contribution in [0, 0.1) is 10.1 Å². The molecular weight excluding hydrogens is 315 g/mol. The van der Waals surface area contributed by atoms with Gasteiger partial charge in [-0.05, 0) is 12.1 Å². The second-order valence-corrected chi connectivity index (χ2v) is 4.32. The standard InChI is InChI=1S/C11H7ClF3N3O3/c12-10-8(5-19)9(11(13,14)15)16-17(10)6-1-3-7(4-2-6)18(20)21/h1-4,19H,5H2. The minimum atomic E-state index is -4.77. The van der Waals surface area contributed by atoms with Gasteiger partial charge in [-0.15, -0.1) is 0 Å². The van der Waals surface area contributed by atoms with Crippen LogP contribution in [-0.4, -0.2) is 19.8 Å². The lowest BCUT2D eigenvalue weighted by atomic mass is 10.2. The first-order valence-corrected chi connectivity index (χ1v) is 5.83. The van der Waals surface area contributed by atoms with E-state index in [2.05, 4.69) is 5.10 Å². The van der Waals surface area contributed by atoms with Crippen LogP contribution < -0.4 is 0 Å². The van der Waals surface area contributed by atoms with E-state index in [1.165, 1.54) is 12.1 Å². The van der Waals surface area contributed by atoms with E-state index in [0.29, 0.717) is 0 Å². The van der Waals surface area contributed by atoms with Crippen molar-refractivity contribution in [2.45, 2.75) is 12.8 Å². The third-order valence-corrected chi connectivity index (χ3v) is 3.04. The molecule has 0 saturated carbocycles. The molecule has 0 atom stereocenters. The highest BCUT2D eigenvalue weighted by Gasteiger charge is 2.39. The molecule has 112 valence electrons. The third-order valence-electron chi connectivity index (χ3n) is 2.65. The fraction of sp³-hybridized carbons (Fsp3) is 0.182. The summed E-state index contributed by atoms with van der Waals surface area (Å²) in [5.74, 6) is 0. The van der Waals surface area contributed by atoms with Gasteiger partial charge in [0.05, 0.1) is 17.2 Å². The van der Waals surface area contributed by atoms with Crippen LogP contribution in [0.1, 0.15) is 11.3 Å². The van der Waals surface area contributed by atoms with Gasteiger partial charge in [-0.2, -0.15) is 18.3 Å². The lowest BCUT2D eigenvalue weighted by Crippen LogP contribution is -2.09. The van der Waals surface area contributed by atoms with Crippen molar-refractivity contribution >= 4 is 17.3 Å². The van der Waals surface area contributed by atoms with E-state index in [-0.39, 0.29) is 11.4 Å². The maximum absolute atomic E-state index is 12.8. The van der Waals surface area contributed by atoms with Gasteiger partial charge >= 0.3 is 6.18 Å². The molecule has 0 spiro atoms. The third kappa shape index (κ3) is 2.83. The van der Waals surface area contributed by atoms with Gasteiger partial charge in [-0.25, -0.2) is 4.68 Å². The molecule has 0 aliphatic heterocycles. The van der Waals surface area contributed by atoms with E-state index in [1.54, 1.807) is 0 Å². The first kappa shape index (κ1) is 15.3. The second kappa shape index (κ2) is 5.34. The number of benzene rings is 1. The highest BCUT2D eigenvalue weighted by Crippen LogP contribution is 2.35. The van der Waals surface area contributed by atoms with Crippen molar-refractivity contribution < 1.29 is 23.2 Å². The van der Waals surface area contributed by atoms with Crippen LogP contribution in [0.25, 0.3) is 5.69 Å². The number of hydrogen-bond donors (Lipinski definition) is 1. The number of aromatic nitrogens is 2. The summed E-state index contributed by atoms with van der Waals surface area (Å²) in [6, 6.07) is 4.63. The smallest absolute Gasteiger partial charge is 0.391 e. The van der Waals surface area contributed by atoms with Gasteiger partial charge in [0.1, 0.15) is 5.15 Å². The van der Waals surface area contributed by atoms with Gasteiger partial charge in [0.25, 0.3) is 5.69 Å². The number of non-ortho nitro benzene ring substituents is 1. The Bertz CT molecular complexity index is 683. The maximum Gasteiger partial charge on any atom is 0.435 e. The van der Waals surface area contributed by atoms with E-state index in [9.17, 15) is 23.3 Å². The SMILES string of the molecule is O=[N+]([O-])c1ccc(-n2nc(C(F)(F)F)c(CO)c2Cl)cc1. The van der Waals surface area contributed by atoms with Crippen molar-refractivity contribution in [3.8, 4) is 5.69 Å². The molecule has 0 aliphatic rings. The molecule has 1 aromatic carbocycles. The summed E-state index contributed by atoms with van der Waals surface area (Å²) in [4.78, 5) is 9.88. The Morgan fingerprint density at radius 1 is 1.33 bits per heavy atom. The average Bonchev–Trinajstić information content (AvgIpc) is 2.75. The molecular formula is C11H7ClF3N3O3. The normalized spacial score (nSPS) is 11.7. The van der Waals surface area contributed by atoms with Crippen LogP contribution >= 0.6 is 11.6 Å². The topological polar surface area (TPSA) is 81.2 Å². The number of alkyl halides is 3. The van der Waals surface area contributed by atoms with Crippen molar-refractivity contribution in [3.05, 3.63) is 50.8 Å². The maximum atomic E-state index is 12.8. The molecule has 0 radical (unpaired) electrons. The van der Waals surface area contributed by atoms with E-state index >= 15 is 0 Å². The van der Waals surface area contributed by atoms with Crippen LogP contribution in [0.4, 0.5) is 18.9 Å². The predicted molar refractivity (Wildman–Crippen MR) is 66.2 cm³/mol. The number of nitrogens with zero attached hydrogens (tertiary/aromatic N) is 3. The number of aliphatic hydroxyl groups excluding tert-OH is 1. The molecule has 1 aromatic heterocycles. The fourth-order valence-electron chi connectivity index (χ4n) is 1.68. The molecule has 2 aromatic rings. The molecule has 1 heterocycles. The number of hydrogen-bond acceptors (Lipinski definition) is 4. The number of nitro groups is 1. The van der Waals surface area contributed by atoms with Gasteiger partial charge in [0.15, 0.2) is 5.69 Å². The summed E-state index contributed by atoms with van der Waals surface area (Å²) < 4.78 is 39.1. The van der Waals surface area contributed by atoms with Crippen molar-refractivity contribution in [2.24, 2.45) is 0 Å². The van der Waals surface area contributed by atoms with Crippen LogP contribution in [0.5, 0.6) is 0 Å². The van der Waals surface area contributed by atoms with Crippen LogP contribution in [0.15, 0.2) is 24.3 Å². The van der Waals surface area contributed by atoms with Gasteiger partial charge < -0.3 is 5.11 Å². The first-order valence-electron chi connectivity index (χ1n) is 5.46. The van der Waals surface area contributed by atoms with Crippen LogP contribution in [0.3, 0.4) is 0 Å². The quantitative estimate of drug-likeness (QED) is 0.696. The minimum Gasteiger partial charge on any atom is -0.391 e. The molecule has 0 saturated heterocycles. The van der Waals surface area contributed by atoms with Crippen LogP contribution in [-0.2, 0) is 12.8 Å². The average molecular weight is 322 g/mol. The summed E-state index contributed by atoms with van der Waals surface area (Å²) in [6.45, 7) is -0.930. The van der Waals surface area contributed by atoms with Crippen molar-refractivity contribution in [3.63, 3.8) is 0 Å². The monoisotopic (exact) mass is 321 g/mol. The summed E-state index contributed by atoms with van der Waals surface area (Å²) in [5, 5.41) is 22.5. The molecule has 0 amide bonds. The Labute approximate surface area is 120 Å². The van der Waals surface area contributed by atoms with Gasteiger partial charge in [0, 0.05) is 17.7 Å². The fourth-order valence-corrected chi connectivity index (χ4v) is 1.97. The first-order chi connectivity index (χ1) is 9.75. The molecule has 2 rings (SSSR count). The van der Waals surface area contributed by atoms with E-state index < -0.39 is 34.1 Å². The van der Waals surface area contributed by atoms with Crippen molar-refractivity contribution in [1.82, 2.24) is 9.78 Å². The molecule has 0 bridgehead atoms. The Hall–Kier alpha value is -2.13. The lowest BCUT2D eigenvalue weighted by molar-refractivity contribution is -0.384. The van der Waals surface area contributed by atoms with Crippen molar-refractivity contribution in [2.75, 3.05) is 0 Å². The Balaban J connectivity index is 2.54. The Morgan fingerprint density at radius 3 is 2.29 bits per heavy atom. The molecule has 6 nitrogen and oxygen atoms in total. The number of rotatable bonds is 3. The molecule has 0 fully saturated rings. The predicted octanol–water partition coefficient (Wildman–Crippen LogP) is 2.95. The molecule has 0 unspecified atom stereocenters. The van der Waals surface area contributed by atoms with Gasteiger partial charge in [-0.1, -0.05) is 11.6 Å². The Kier molecular flexibility index (Phi) is 3.88. The summed E-state index contributed by atoms with van der Waals surface area (Å²) in [5.41, 5.74) is -1.97. The molecule has 21 heavy (non-hydrogen) atoms. The number of halogens is 4. The highest BCUT2D eigenvalue weighted by molar-refractivity contribution is 6.30. The second-order valence-electron chi connectivity index (χ2n) is 3.96. The van der Waals surface area contributed by atoms with E-state index in [0.717, 1.165) is 16.8 Å². The largest absolute Gasteiger partial charge is 0.435 e. The van der Waals surface area contributed by atoms with Crippen molar-refractivity contribution in [1.29, 1.82) is 0 Å². The lowest BCUT2D eigenvalue weighted by Gasteiger charge is -2.03.